The van der Waals surface area contributed by atoms with E-state index in [1.54, 1.807) is 6.07 Å². The molecule has 2 aromatic rings. The highest BCUT2D eigenvalue weighted by atomic mass is 19.4. The second kappa shape index (κ2) is 3.66. The van der Waals surface area contributed by atoms with E-state index < -0.39 is 11.7 Å². The van der Waals surface area contributed by atoms with E-state index in [0.29, 0.717) is 5.39 Å². The summed E-state index contributed by atoms with van der Waals surface area (Å²) in [6.45, 7) is 0. The summed E-state index contributed by atoms with van der Waals surface area (Å²) < 4.78 is 42.9. The molecule has 2 nitrogen and oxygen atoms in total. The van der Waals surface area contributed by atoms with Crippen LogP contribution in [0.4, 0.5) is 13.2 Å². The third-order valence-electron chi connectivity index (χ3n) is 2.25. The Morgan fingerprint density at radius 3 is 2.62 bits per heavy atom. The third kappa shape index (κ3) is 1.80. The number of halogens is 3. The van der Waals surface area contributed by atoms with E-state index in [1.165, 1.54) is 25.4 Å². The molecule has 0 atom stereocenters. The Balaban J connectivity index is 2.74. The van der Waals surface area contributed by atoms with Crippen LogP contribution >= 0.6 is 0 Å². The van der Waals surface area contributed by atoms with Gasteiger partial charge in [0.05, 0.1) is 12.7 Å². The van der Waals surface area contributed by atoms with E-state index in [2.05, 4.69) is 4.98 Å². The standard InChI is InChI=1S/C11H8F3NO/c1-16-10-5-8-7(6-15-10)3-2-4-9(8)11(12,13)14/h2-6H,1H3. The highest BCUT2D eigenvalue weighted by Crippen LogP contribution is 2.35. The molecular weight excluding hydrogens is 219 g/mol. The first-order valence-electron chi connectivity index (χ1n) is 4.52. The monoisotopic (exact) mass is 227 g/mol. The molecule has 0 aliphatic rings. The van der Waals surface area contributed by atoms with Crippen LogP contribution in [0.2, 0.25) is 0 Å². The summed E-state index contributed by atoms with van der Waals surface area (Å²) in [5, 5.41) is 0.539. The van der Waals surface area contributed by atoms with E-state index in [1.807, 2.05) is 0 Å². The van der Waals surface area contributed by atoms with Gasteiger partial charge in [-0.25, -0.2) is 4.98 Å². The number of alkyl halides is 3. The molecule has 1 aromatic heterocycles. The molecule has 1 heterocycles. The average Bonchev–Trinajstić information content (AvgIpc) is 2.26. The van der Waals surface area contributed by atoms with Crippen molar-refractivity contribution in [3.05, 3.63) is 36.0 Å². The first kappa shape index (κ1) is 10.7. The molecule has 0 amide bonds. The Bertz CT molecular complexity index is 522. The molecule has 2 rings (SSSR count). The van der Waals surface area contributed by atoms with Gasteiger partial charge in [0, 0.05) is 23.0 Å². The van der Waals surface area contributed by atoms with E-state index in [-0.39, 0.29) is 11.3 Å². The molecule has 0 radical (unpaired) electrons. The van der Waals surface area contributed by atoms with E-state index >= 15 is 0 Å². The fourth-order valence-electron chi connectivity index (χ4n) is 1.51. The Kier molecular flexibility index (Phi) is 2.46. The summed E-state index contributed by atoms with van der Waals surface area (Å²) >= 11 is 0. The van der Waals surface area contributed by atoms with Gasteiger partial charge >= 0.3 is 6.18 Å². The zero-order chi connectivity index (χ0) is 11.8. The van der Waals surface area contributed by atoms with Gasteiger partial charge < -0.3 is 4.74 Å². The van der Waals surface area contributed by atoms with Crippen LogP contribution in [0, 0.1) is 0 Å². The van der Waals surface area contributed by atoms with Crippen molar-refractivity contribution in [2.45, 2.75) is 6.18 Å². The van der Waals surface area contributed by atoms with E-state index in [9.17, 15) is 13.2 Å². The van der Waals surface area contributed by atoms with Gasteiger partial charge in [-0.15, -0.1) is 0 Å². The zero-order valence-corrected chi connectivity index (χ0v) is 8.38. The molecular formula is C11H8F3NO. The highest BCUT2D eigenvalue weighted by Gasteiger charge is 2.32. The molecule has 0 fully saturated rings. The topological polar surface area (TPSA) is 22.1 Å². The number of ether oxygens (including phenoxy) is 1. The van der Waals surface area contributed by atoms with Crippen LogP contribution in [0.3, 0.4) is 0 Å². The Hall–Kier alpha value is -1.78. The third-order valence-corrected chi connectivity index (χ3v) is 2.25. The second-order valence-corrected chi connectivity index (χ2v) is 3.25. The number of aromatic nitrogens is 1. The van der Waals surface area contributed by atoms with Crippen molar-refractivity contribution in [2.75, 3.05) is 7.11 Å². The van der Waals surface area contributed by atoms with Gasteiger partial charge in [0.15, 0.2) is 0 Å². The van der Waals surface area contributed by atoms with Crippen LogP contribution in [-0.2, 0) is 6.18 Å². The van der Waals surface area contributed by atoms with Crippen LogP contribution in [0.15, 0.2) is 30.5 Å². The summed E-state index contributed by atoms with van der Waals surface area (Å²) in [5.74, 6) is 0.171. The summed E-state index contributed by atoms with van der Waals surface area (Å²) in [5.41, 5.74) is -0.675. The summed E-state index contributed by atoms with van der Waals surface area (Å²) in [7, 11) is 1.37. The highest BCUT2D eigenvalue weighted by molar-refractivity contribution is 5.86. The van der Waals surface area contributed by atoms with Crippen LogP contribution < -0.4 is 4.74 Å². The number of fused-ring (bicyclic) bond motifs is 1. The molecule has 0 aliphatic heterocycles. The van der Waals surface area contributed by atoms with Gasteiger partial charge in [0.25, 0.3) is 0 Å². The fourth-order valence-corrected chi connectivity index (χ4v) is 1.51. The lowest BCUT2D eigenvalue weighted by Crippen LogP contribution is -2.05. The maximum absolute atomic E-state index is 12.7. The first-order valence-corrected chi connectivity index (χ1v) is 4.52. The van der Waals surface area contributed by atoms with Gasteiger partial charge in [-0.05, 0) is 6.07 Å². The Morgan fingerprint density at radius 2 is 2.00 bits per heavy atom. The lowest BCUT2D eigenvalue weighted by atomic mass is 10.1. The van der Waals surface area contributed by atoms with Crippen molar-refractivity contribution < 1.29 is 17.9 Å². The normalized spacial score (nSPS) is 11.8. The predicted octanol–water partition coefficient (Wildman–Crippen LogP) is 3.26. The van der Waals surface area contributed by atoms with Crippen molar-refractivity contribution in [2.24, 2.45) is 0 Å². The summed E-state index contributed by atoms with van der Waals surface area (Å²) in [6, 6.07) is 5.27. The second-order valence-electron chi connectivity index (χ2n) is 3.25. The molecule has 5 heteroatoms. The number of nitrogens with zero attached hydrogens (tertiary/aromatic N) is 1. The van der Waals surface area contributed by atoms with Gasteiger partial charge in [-0.2, -0.15) is 13.2 Å². The molecule has 1 aromatic carbocycles. The molecule has 0 spiro atoms. The number of rotatable bonds is 1. The SMILES string of the molecule is COc1cc2c(C(F)(F)F)cccc2cn1. The molecule has 0 N–H and O–H groups in total. The number of benzene rings is 1. The molecule has 16 heavy (non-hydrogen) atoms. The molecule has 84 valence electrons. The Morgan fingerprint density at radius 1 is 1.25 bits per heavy atom. The number of hydrogen-bond acceptors (Lipinski definition) is 2. The minimum absolute atomic E-state index is 0.0989. The maximum atomic E-state index is 12.7. The van der Waals surface area contributed by atoms with E-state index in [4.69, 9.17) is 4.74 Å². The lowest BCUT2D eigenvalue weighted by Gasteiger charge is -2.10. The molecule has 0 bridgehead atoms. The summed E-state index contributed by atoms with van der Waals surface area (Å²) in [4.78, 5) is 3.86. The van der Waals surface area contributed by atoms with Crippen LogP contribution in [0.5, 0.6) is 5.88 Å². The zero-order valence-electron chi connectivity index (χ0n) is 8.38. The molecule has 0 saturated heterocycles. The van der Waals surface area contributed by atoms with Crippen LogP contribution in [0.1, 0.15) is 5.56 Å². The summed E-state index contributed by atoms with van der Waals surface area (Å²) in [6.07, 6.45) is -3.00. The maximum Gasteiger partial charge on any atom is 0.417 e. The average molecular weight is 227 g/mol. The fraction of sp³-hybridized carbons (Fsp3) is 0.182. The lowest BCUT2D eigenvalue weighted by molar-refractivity contribution is -0.136. The largest absolute Gasteiger partial charge is 0.481 e. The van der Waals surface area contributed by atoms with Crippen molar-refractivity contribution in [3.8, 4) is 5.88 Å². The number of methoxy groups -OCH3 is 1. The van der Waals surface area contributed by atoms with Crippen LogP contribution in [-0.4, -0.2) is 12.1 Å². The minimum Gasteiger partial charge on any atom is -0.481 e. The van der Waals surface area contributed by atoms with Crippen molar-refractivity contribution in [1.29, 1.82) is 0 Å². The van der Waals surface area contributed by atoms with E-state index in [0.717, 1.165) is 6.07 Å². The minimum atomic E-state index is -4.37. The molecule has 0 saturated carbocycles. The first-order chi connectivity index (χ1) is 7.52. The van der Waals surface area contributed by atoms with Crippen molar-refractivity contribution >= 4 is 10.8 Å². The predicted molar refractivity (Wildman–Crippen MR) is 53.3 cm³/mol. The quantitative estimate of drug-likeness (QED) is 0.745. The van der Waals surface area contributed by atoms with Gasteiger partial charge in [-0.3, -0.25) is 0 Å². The van der Waals surface area contributed by atoms with Crippen LogP contribution in [0.25, 0.3) is 10.8 Å². The molecule has 0 unspecified atom stereocenters. The molecule has 0 aliphatic carbocycles. The Labute approximate surface area is 89.7 Å². The number of hydrogen-bond donors (Lipinski definition) is 0. The van der Waals surface area contributed by atoms with Crippen molar-refractivity contribution in [3.63, 3.8) is 0 Å². The van der Waals surface area contributed by atoms with Gasteiger partial charge in [0.1, 0.15) is 0 Å². The van der Waals surface area contributed by atoms with Gasteiger partial charge in [-0.1, -0.05) is 12.1 Å². The van der Waals surface area contributed by atoms with Crippen molar-refractivity contribution in [1.82, 2.24) is 4.98 Å². The number of pyridine rings is 1. The van der Waals surface area contributed by atoms with Gasteiger partial charge in [0.2, 0.25) is 5.88 Å². The smallest absolute Gasteiger partial charge is 0.417 e.